The number of rotatable bonds is 4. The number of nitrogens with one attached hydrogen (secondary N) is 1. The molecule has 1 aromatic heterocycles. The van der Waals surface area contributed by atoms with E-state index in [0.717, 1.165) is 48.8 Å². The van der Waals surface area contributed by atoms with Gasteiger partial charge >= 0.3 is 0 Å². The normalized spacial score (nSPS) is 16.9. The molecule has 0 bridgehead atoms. The van der Waals surface area contributed by atoms with Crippen LogP contribution in [0.4, 0.5) is 4.39 Å². The molecule has 0 saturated carbocycles. The predicted octanol–water partition coefficient (Wildman–Crippen LogP) is 3.13. The number of nitrogens with zero attached hydrogens (tertiary/aromatic N) is 2. The van der Waals surface area contributed by atoms with Gasteiger partial charge < -0.3 is 9.88 Å². The Morgan fingerprint density at radius 1 is 1.35 bits per heavy atom. The summed E-state index contributed by atoms with van der Waals surface area (Å²) in [5.74, 6) is 1.72. The van der Waals surface area contributed by atoms with Crippen LogP contribution in [0.3, 0.4) is 0 Å². The van der Waals surface area contributed by atoms with Crippen LogP contribution in [0.2, 0.25) is 0 Å². The Balaban J connectivity index is 1.79. The van der Waals surface area contributed by atoms with Gasteiger partial charge in [0.25, 0.3) is 0 Å². The number of halogens is 1. The van der Waals surface area contributed by atoms with Crippen molar-refractivity contribution in [3.63, 3.8) is 0 Å². The van der Waals surface area contributed by atoms with E-state index in [2.05, 4.69) is 21.8 Å². The predicted molar refractivity (Wildman–Crippen MR) is 79.3 cm³/mol. The molecule has 2 heterocycles. The molecule has 0 aliphatic carbocycles. The first-order valence-electron chi connectivity index (χ1n) is 7.63. The maximum absolute atomic E-state index is 13.4. The van der Waals surface area contributed by atoms with Gasteiger partial charge in [0, 0.05) is 13.0 Å². The quantitative estimate of drug-likeness (QED) is 0.929. The lowest BCUT2D eigenvalue weighted by Gasteiger charge is -2.22. The zero-order valence-corrected chi connectivity index (χ0v) is 12.0. The van der Waals surface area contributed by atoms with Crippen molar-refractivity contribution >= 4 is 11.0 Å². The number of fused-ring (bicyclic) bond motifs is 1. The number of hydrogen-bond acceptors (Lipinski definition) is 2. The summed E-state index contributed by atoms with van der Waals surface area (Å²) in [7, 11) is 0. The molecule has 0 unspecified atom stereocenters. The van der Waals surface area contributed by atoms with Crippen molar-refractivity contribution in [1.82, 2.24) is 14.9 Å². The highest BCUT2D eigenvalue weighted by atomic mass is 19.1. The van der Waals surface area contributed by atoms with Crippen LogP contribution < -0.4 is 5.32 Å². The summed E-state index contributed by atoms with van der Waals surface area (Å²) in [5, 5.41) is 3.40. The van der Waals surface area contributed by atoms with Gasteiger partial charge in [-0.1, -0.05) is 0 Å². The lowest BCUT2D eigenvalue weighted by atomic mass is 9.93. The summed E-state index contributed by atoms with van der Waals surface area (Å²) >= 11 is 0. The molecule has 1 N–H and O–H groups in total. The van der Waals surface area contributed by atoms with E-state index in [4.69, 9.17) is 0 Å². The third-order valence-electron chi connectivity index (χ3n) is 4.34. The summed E-state index contributed by atoms with van der Waals surface area (Å²) in [6.07, 6.45) is 4.71. The van der Waals surface area contributed by atoms with Crippen LogP contribution in [-0.2, 0) is 13.0 Å². The first kappa shape index (κ1) is 13.6. The van der Waals surface area contributed by atoms with E-state index in [0.29, 0.717) is 0 Å². The minimum Gasteiger partial charge on any atom is -0.328 e. The van der Waals surface area contributed by atoms with Crippen LogP contribution in [-0.4, -0.2) is 22.6 Å². The number of hydrogen-bond donors (Lipinski definition) is 1. The molecule has 2 aromatic rings. The molecule has 1 aromatic carbocycles. The van der Waals surface area contributed by atoms with Crippen LogP contribution in [0.25, 0.3) is 11.0 Å². The smallest absolute Gasteiger partial charge is 0.125 e. The van der Waals surface area contributed by atoms with E-state index in [-0.39, 0.29) is 5.82 Å². The molecule has 1 aliphatic heterocycles. The minimum atomic E-state index is -0.183. The fourth-order valence-corrected chi connectivity index (χ4v) is 3.19. The van der Waals surface area contributed by atoms with Gasteiger partial charge in [-0.25, -0.2) is 9.37 Å². The van der Waals surface area contributed by atoms with Gasteiger partial charge in [-0.3, -0.25) is 0 Å². The van der Waals surface area contributed by atoms with Crippen molar-refractivity contribution < 1.29 is 4.39 Å². The largest absolute Gasteiger partial charge is 0.328 e. The summed E-state index contributed by atoms with van der Waals surface area (Å²) in [5.41, 5.74) is 1.83. The zero-order valence-electron chi connectivity index (χ0n) is 12.0. The number of aromatic nitrogens is 2. The van der Waals surface area contributed by atoms with Crippen LogP contribution in [0.15, 0.2) is 18.2 Å². The number of benzene rings is 1. The average Bonchev–Trinajstić information content (AvgIpc) is 2.83. The van der Waals surface area contributed by atoms with Crippen molar-refractivity contribution in [3.05, 3.63) is 29.8 Å². The molecule has 0 radical (unpaired) electrons. The van der Waals surface area contributed by atoms with Gasteiger partial charge in [0.2, 0.25) is 0 Å². The van der Waals surface area contributed by atoms with Crippen molar-refractivity contribution in [2.75, 3.05) is 13.1 Å². The molecule has 108 valence electrons. The first-order valence-corrected chi connectivity index (χ1v) is 7.63. The molecule has 0 atom stereocenters. The maximum Gasteiger partial charge on any atom is 0.125 e. The van der Waals surface area contributed by atoms with Crippen molar-refractivity contribution in [2.45, 2.75) is 39.2 Å². The van der Waals surface area contributed by atoms with Gasteiger partial charge in [0.1, 0.15) is 11.6 Å². The standard InChI is InChI=1S/C16H22FN3/c1-2-20-15-11-13(17)4-5-14(15)19-16(20)6-3-12-7-9-18-10-8-12/h4-5,11-12,18H,2-3,6-10H2,1H3. The molecule has 1 aliphatic rings. The topological polar surface area (TPSA) is 29.9 Å². The van der Waals surface area contributed by atoms with Gasteiger partial charge in [-0.15, -0.1) is 0 Å². The second-order valence-electron chi connectivity index (χ2n) is 5.64. The maximum atomic E-state index is 13.4. The highest BCUT2D eigenvalue weighted by Crippen LogP contribution is 2.22. The Morgan fingerprint density at radius 3 is 2.90 bits per heavy atom. The van der Waals surface area contributed by atoms with Crippen molar-refractivity contribution in [1.29, 1.82) is 0 Å². The lowest BCUT2D eigenvalue weighted by molar-refractivity contribution is 0.351. The van der Waals surface area contributed by atoms with Gasteiger partial charge in [-0.2, -0.15) is 0 Å². The summed E-state index contributed by atoms with van der Waals surface area (Å²) in [4.78, 5) is 4.69. The number of aryl methyl sites for hydroxylation is 2. The molecular weight excluding hydrogens is 253 g/mol. The number of imidazole rings is 1. The highest BCUT2D eigenvalue weighted by molar-refractivity contribution is 5.76. The first-order chi connectivity index (χ1) is 9.78. The number of piperidine rings is 1. The summed E-state index contributed by atoms with van der Waals surface area (Å²) < 4.78 is 15.5. The molecule has 1 fully saturated rings. The van der Waals surface area contributed by atoms with Crippen LogP contribution in [0.1, 0.15) is 32.0 Å². The van der Waals surface area contributed by atoms with Gasteiger partial charge in [0.05, 0.1) is 11.0 Å². The zero-order chi connectivity index (χ0) is 13.9. The SMILES string of the molecule is CCn1c(CCC2CCNCC2)nc2ccc(F)cc21. The Bertz CT molecular complexity index is 585. The van der Waals surface area contributed by atoms with Crippen molar-refractivity contribution in [2.24, 2.45) is 5.92 Å². The Labute approximate surface area is 119 Å². The van der Waals surface area contributed by atoms with Crippen LogP contribution in [0, 0.1) is 11.7 Å². The van der Waals surface area contributed by atoms with Crippen LogP contribution >= 0.6 is 0 Å². The van der Waals surface area contributed by atoms with Crippen LogP contribution in [0.5, 0.6) is 0 Å². The van der Waals surface area contributed by atoms with Crippen molar-refractivity contribution in [3.8, 4) is 0 Å². The average molecular weight is 275 g/mol. The summed E-state index contributed by atoms with van der Waals surface area (Å²) in [6, 6.07) is 4.87. The molecule has 20 heavy (non-hydrogen) atoms. The monoisotopic (exact) mass is 275 g/mol. The summed E-state index contributed by atoms with van der Waals surface area (Å²) in [6.45, 7) is 5.22. The van der Waals surface area contributed by atoms with E-state index in [1.54, 1.807) is 12.1 Å². The Kier molecular flexibility index (Phi) is 4.01. The molecule has 0 spiro atoms. The second-order valence-corrected chi connectivity index (χ2v) is 5.64. The van der Waals surface area contributed by atoms with Gasteiger partial charge in [-0.05, 0) is 63.4 Å². The molecule has 0 amide bonds. The fraction of sp³-hybridized carbons (Fsp3) is 0.562. The van der Waals surface area contributed by atoms with E-state index in [1.165, 1.54) is 25.3 Å². The Morgan fingerprint density at radius 2 is 2.15 bits per heavy atom. The third kappa shape index (κ3) is 2.70. The fourth-order valence-electron chi connectivity index (χ4n) is 3.19. The highest BCUT2D eigenvalue weighted by Gasteiger charge is 2.15. The second kappa shape index (κ2) is 5.92. The van der Waals surface area contributed by atoms with E-state index >= 15 is 0 Å². The molecule has 3 rings (SSSR count). The third-order valence-corrected chi connectivity index (χ3v) is 4.34. The van der Waals surface area contributed by atoms with E-state index in [1.807, 2.05) is 0 Å². The molecule has 3 nitrogen and oxygen atoms in total. The van der Waals surface area contributed by atoms with E-state index < -0.39 is 0 Å². The van der Waals surface area contributed by atoms with Gasteiger partial charge in [0.15, 0.2) is 0 Å². The minimum absolute atomic E-state index is 0.183. The molecular formula is C16H22FN3. The molecule has 4 heteroatoms. The van der Waals surface area contributed by atoms with E-state index in [9.17, 15) is 4.39 Å². The lowest BCUT2D eigenvalue weighted by Crippen LogP contribution is -2.28. The Hall–Kier alpha value is -1.42. The molecule has 1 saturated heterocycles.